The zero-order valence-corrected chi connectivity index (χ0v) is 10.1. The van der Waals surface area contributed by atoms with Crippen molar-refractivity contribution >= 4 is 23.8 Å². The van der Waals surface area contributed by atoms with Crippen LogP contribution in [0.1, 0.15) is 11.4 Å². The molecule has 0 aliphatic carbocycles. The predicted octanol–water partition coefficient (Wildman–Crippen LogP) is 2.53. The molecular weight excluding hydrogens is 242 g/mol. The van der Waals surface area contributed by atoms with E-state index in [-0.39, 0.29) is 0 Å². The van der Waals surface area contributed by atoms with Crippen LogP contribution in [-0.2, 0) is 7.05 Å². The minimum Gasteiger partial charge on any atom is -0.354 e. The number of halogens is 1. The number of rotatable bonds is 0. The van der Waals surface area contributed by atoms with Gasteiger partial charge in [0.1, 0.15) is 11.4 Å². The van der Waals surface area contributed by atoms with Crippen molar-refractivity contribution in [1.29, 1.82) is 0 Å². The highest BCUT2D eigenvalue weighted by Crippen LogP contribution is 2.13. The Morgan fingerprint density at radius 1 is 1.44 bits per heavy atom. The Labute approximate surface area is 103 Å². The second-order valence-electron chi connectivity index (χ2n) is 3.12. The third kappa shape index (κ3) is 2.16. The van der Waals surface area contributed by atoms with Gasteiger partial charge in [0.2, 0.25) is 0 Å². The van der Waals surface area contributed by atoms with Gasteiger partial charge in [-0.2, -0.15) is 5.10 Å². The maximum absolute atomic E-state index is 6.01. The Morgan fingerprint density at radius 3 is 2.94 bits per heavy atom. The molecule has 0 saturated heterocycles. The lowest BCUT2D eigenvalue weighted by Crippen LogP contribution is -1.93. The zero-order valence-electron chi connectivity index (χ0n) is 8.49. The summed E-state index contributed by atoms with van der Waals surface area (Å²) >= 11 is 11.1. The molecule has 0 saturated carbocycles. The molecule has 0 aliphatic rings. The van der Waals surface area contributed by atoms with Crippen LogP contribution < -0.4 is 0 Å². The highest BCUT2D eigenvalue weighted by molar-refractivity contribution is 7.71. The van der Waals surface area contributed by atoms with Gasteiger partial charge in [-0.05, 0) is 24.0 Å². The molecule has 0 spiro atoms. The molecule has 5 heteroatoms. The number of aromatic amines is 1. The molecule has 0 fully saturated rings. The second kappa shape index (κ2) is 4.52. The Hall–Kier alpha value is -1.57. The van der Waals surface area contributed by atoms with Crippen LogP contribution in [0.3, 0.4) is 0 Å². The lowest BCUT2D eigenvalue weighted by atomic mass is 10.3. The fourth-order valence-electron chi connectivity index (χ4n) is 1.17. The molecule has 1 N–H and O–H groups in total. The first kappa shape index (κ1) is 10.9. The molecule has 16 heavy (non-hydrogen) atoms. The van der Waals surface area contributed by atoms with Gasteiger partial charge in [0.15, 0.2) is 0 Å². The molecule has 0 unspecified atom stereocenters. The SMILES string of the molecule is Cn1nccc1C#Cc1[nH]ccc(=S)c1Cl. The first-order chi connectivity index (χ1) is 7.68. The number of H-pyrrole nitrogens is 1. The molecule has 0 amide bonds. The van der Waals surface area contributed by atoms with Crippen LogP contribution in [-0.4, -0.2) is 14.8 Å². The molecule has 2 rings (SSSR count). The van der Waals surface area contributed by atoms with Gasteiger partial charge in [-0.3, -0.25) is 4.68 Å². The number of nitrogens with one attached hydrogen (secondary N) is 1. The number of aromatic nitrogens is 3. The summed E-state index contributed by atoms with van der Waals surface area (Å²) in [6.45, 7) is 0. The van der Waals surface area contributed by atoms with Gasteiger partial charge in [-0.25, -0.2) is 0 Å². The van der Waals surface area contributed by atoms with E-state index in [9.17, 15) is 0 Å². The smallest absolute Gasteiger partial charge is 0.111 e. The topological polar surface area (TPSA) is 33.6 Å². The maximum atomic E-state index is 6.01. The van der Waals surface area contributed by atoms with Crippen LogP contribution in [0.15, 0.2) is 24.5 Å². The lowest BCUT2D eigenvalue weighted by Gasteiger charge is -1.95. The number of aryl methyl sites for hydroxylation is 1. The van der Waals surface area contributed by atoms with Gasteiger partial charge in [-0.15, -0.1) is 0 Å². The van der Waals surface area contributed by atoms with Crippen molar-refractivity contribution in [2.75, 3.05) is 0 Å². The summed E-state index contributed by atoms with van der Waals surface area (Å²) in [6, 6.07) is 3.56. The van der Waals surface area contributed by atoms with Gasteiger partial charge in [0, 0.05) is 13.2 Å². The summed E-state index contributed by atoms with van der Waals surface area (Å²) in [5, 5.41) is 4.50. The summed E-state index contributed by atoms with van der Waals surface area (Å²) in [5.74, 6) is 5.90. The minimum atomic E-state index is 0.479. The summed E-state index contributed by atoms with van der Waals surface area (Å²) < 4.78 is 2.29. The summed E-state index contributed by atoms with van der Waals surface area (Å²) in [6.07, 6.45) is 3.42. The minimum absolute atomic E-state index is 0.479. The van der Waals surface area contributed by atoms with Crippen molar-refractivity contribution in [2.45, 2.75) is 0 Å². The molecule has 0 radical (unpaired) electrons. The standard InChI is InChI=1S/C11H8ClN3S/c1-15-8(4-7-14-15)2-3-9-11(12)10(16)5-6-13-9/h4-7H,1H3,(H,13,16). The molecule has 0 aromatic carbocycles. The molecule has 0 aliphatic heterocycles. The van der Waals surface area contributed by atoms with Gasteiger partial charge in [0.05, 0.1) is 15.7 Å². The average Bonchev–Trinajstić information content (AvgIpc) is 2.67. The van der Waals surface area contributed by atoms with Crippen LogP contribution in [0.5, 0.6) is 0 Å². The average molecular weight is 250 g/mol. The van der Waals surface area contributed by atoms with Crippen molar-refractivity contribution in [2.24, 2.45) is 7.05 Å². The van der Waals surface area contributed by atoms with E-state index in [2.05, 4.69) is 21.9 Å². The Balaban J connectivity index is 2.43. The highest BCUT2D eigenvalue weighted by Gasteiger charge is 1.98. The predicted molar refractivity (Wildman–Crippen MR) is 65.8 cm³/mol. The van der Waals surface area contributed by atoms with Crippen LogP contribution in [0, 0.1) is 16.4 Å². The largest absolute Gasteiger partial charge is 0.354 e. The normalized spacial score (nSPS) is 9.62. The van der Waals surface area contributed by atoms with E-state index in [4.69, 9.17) is 23.8 Å². The van der Waals surface area contributed by atoms with Crippen LogP contribution >= 0.6 is 23.8 Å². The summed E-state index contributed by atoms with van der Waals surface area (Å²) in [5.41, 5.74) is 1.44. The van der Waals surface area contributed by atoms with E-state index in [0.29, 0.717) is 15.2 Å². The number of hydrogen-bond acceptors (Lipinski definition) is 2. The van der Waals surface area contributed by atoms with Gasteiger partial charge in [0.25, 0.3) is 0 Å². The molecule has 2 aromatic heterocycles. The monoisotopic (exact) mass is 249 g/mol. The Bertz CT molecular complexity index is 630. The van der Waals surface area contributed by atoms with Crippen LogP contribution in [0.25, 0.3) is 0 Å². The number of pyridine rings is 1. The zero-order chi connectivity index (χ0) is 11.5. The van der Waals surface area contributed by atoms with Crippen molar-refractivity contribution in [3.05, 3.63) is 45.4 Å². The molecule has 2 aromatic rings. The van der Waals surface area contributed by atoms with E-state index >= 15 is 0 Å². The van der Waals surface area contributed by atoms with Crippen LogP contribution in [0.4, 0.5) is 0 Å². The van der Waals surface area contributed by atoms with E-state index in [1.807, 2.05) is 13.1 Å². The molecule has 0 bridgehead atoms. The van der Waals surface area contributed by atoms with Crippen molar-refractivity contribution < 1.29 is 0 Å². The maximum Gasteiger partial charge on any atom is 0.111 e. The van der Waals surface area contributed by atoms with Crippen molar-refractivity contribution in [3.63, 3.8) is 0 Å². The fraction of sp³-hybridized carbons (Fsp3) is 0.0909. The quantitative estimate of drug-likeness (QED) is 0.575. The molecule has 2 heterocycles. The highest BCUT2D eigenvalue weighted by atomic mass is 35.5. The number of nitrogens with zero attached hydrogens (tertiary/aromatic N) is 2. The summed E-state index contributed by atoms with van der Waals surface area (Å²) in [4.78, 5) is 2.96. The molecule has 80 valence electrons. The second-order valence-corrected chi connectivity index (χ2v) is 3.94. The van der Waals surface area contributed by atoms with E-state index in [1.165, 1.54) is 0 Å². The van der Waals surface area contributed by atoms with Gasteiger partial charge < -0.3 is 4.98 Å². The van der Waals surface area contributed by atoms with E-state index in [0.717, 1.165) is 5.69 Å². The van der Waals surface area contributed by atoms with E-state index in [1.54, 1.807) is 23.1 Å². The first-order valence-corrected chi connectivity index (χ1v) is 5.34. The Morgan fingerprint density at radius 2 is 2.25 bits per heavy atom. The Kier molecular flexibility index (Phi) is 3.09. The third-order valence-corrected chi connectivity index (χ3v) is 2.88. The fourth-order valence-corrected chi connectivity index (χ4v) is 1.51. The molecule has 0 atom stereocenters. The summed E-state index contributed by atoms with van der Waals surface area (Å²) in [7, 11) is 1.83. The third-order valence-electron chi connectivity index (χ3n) is 2.03. The lowest BCUT2D eigenvalue weighted by molar-refractivity contribution is 0.757. The van der Waals surface area contributed by atoms with Crippen molar-refractivity contribution in [1.82, 2.24) is 14.8 Å². The molecular formula is C11H8ClN3S. The van der Waals surface area contributed by atoms with Gasteiger partial charge >= 0.3 is 0 Å². The number of hydrogen-bond donors (Lipinski definition) is 1. The van der Waals surface area contributed by atoms with Crippen molar-refractivity contribution in [3.8, 4) is 11.8 Å². The van der Waals surface area contributed by atoms with Gasteiger partial charge in [-0.1, -0.05) is 23.8 Å². The first-order valence-electron chi connectivity index (χ1n) is 4.55. The van der Waals surface area contributed by atoms with Crippen LogP contribution in [0.2, 0.25) is 5.02 Å². The molecule has 3 nitrogen and oxygen atoms in total. The van der Waals surface area contributed by atoms with E-state index < -0.39 is 0 Å².